The average molecular weight is 139 g/mol. The highest BCUT2D eigenvalue weighted by molar-refractivity contribution is 5.78. The number of nitrogens with zero attached hydrogens (tertiary/aromatic N) is 1. The molecule has 0 aromatic heterocycles. The minimum atomic E-state index is -0.0625. The lowest BCUT2D eigenvalue weighted by atomic mass is 10.0. The van der Waals surface area contributed by atoms with Crippen molar-refractivity contribution in [2.24, 2.45) is 5.92 Å². The summed E-state index contributed by atoms with van der Waals surface area (Å²) in [5, 5.41) is 8.47. The highest BCUT2D eigenvalue weighted by Crippen LogP contribution is 2.07. The molecule has 0 aliphatic heterocycles. The molecule has 0 radical (unpaired) electrons. The third-order valence-corrected chi connectivity index (χ3v) is 1.54. The van der Waals surface area contributed by atoms with Crippen LogP contribution in [0.5, 0.6) is 0 Å². The van der Waals surface area contributed by atoms with Crippen LogP contribution in [0.3, 0.4) is 0 Å². The molecule has 0 bridgehead atoms. The minimum Gasteiger partial charge on any atom is -0.300 e. The van der Waals surface area contributed by atoms with Gasteiger partial charge in [-0.15, -0.1) is 0 Å². The molecular weight excluding hydrogens is 126 g/mol. The Balaban J connectivity index is 3.66. The molecule has 2 heteroatoms. The first-order valence-electron chi connectivity index (χ1n) is 3.65. The van der Waals surface area contributed by atoms with Crippen LogP contribution < -0.4 is 0 Å². The topological polar surface area (TPSA) is 40.9 Å². The summed E-state index contributed by atoms with van der Waals surface area (Å²) in [6, 6.07) is 2.10. The van der Waals surface area contributed by atoms with E-state index >= 15 is 0 Å². The van der Waals surface area contributed by atoms with Gasteiger partial charge in [-0.3, -0.25) is 4.79 Å². The molecule has 0 spiro atoms. The molecule has 0 unspecified atom stereocenters. The Morgan fingerprint density at radius 2 is 2.20 bits per heavy atom. The van der Waals surface area contributed by atoms with Crippen LogP contribution in [-0.2, 0) is 4.79 Å². The lowest BCUT2D eigenvalue weighted by Gasteiger charge is -2.01. The zero-order valence-corrected chi connectivity index (χ0v) is 6.55. The molecule has 0 rings (SSSR count). The first kappa shape index (κ1) is 9.16. The zero-order valence-electron chi connectivity index (χ0n) is 6.55. The molecule has 0 saturated heterocycles. The highest BCUT2D eigenvalue weighted by atomic mass is 16.1. The van der Waals surface area contributed by atoms with Crippen molar-refractivity contribution in [1.82, 2.24) is 0 Å². The molecule has 1 atom stereocenters. The fraction of sp³-hybridized carbons (Fsp3) is 0.750. The summed E-state index contributed by atoms with van der Waals surface area (Å²) in [7, 11) is 0. The summed E-state index contributed by atoms with van der Waals surface area (Å²) in [4.78, 5) is 10.8. The number of hydrogen-bond donors (Lipinski definition) is 0. The van der Waals surface area contributed by atoms with Gasteiger partial charge in [-0.05, 0) is 6.42 Å². The van der Waals surface area contributed by atoms with Gasteiger partial charge in [-0.2, -0.15) is 5.26 Å². The highest BCUT2D eigenvalue weighted by Gasteiger charge is 2.08. The van der Waals surface area contributed by atoms with Gasteiger partial charge in [0.1, 0.15) is 5.78 Å². The van der Waals surface area contributed by atoms with E-state index in [-0.39, 0.29) is 11.7 Å². The normalized spacial score (nSPS) is 12.1. The van der Waals surface area contributed by atoms with E-state index in [0.717, 1.165) is 6.42 Å². The van der Waals surface area contributed by atoms with Gasteiger partial charge in [0, 0.05) is 12.8 Å². The largest absolute Gasteiger partial charge is 0.300 e. The van der Waals surface area contributed by atoms with Gasteiger partial charge in [0.15, 0.2) is 0 Å². The van der Waals surface area contributed by atoms with Gasteiger partial charge in [-0.25, -0.2) is 0 Å². The van der Waals surface area contributed by atoms with E-state index in [9.17, 15) is 4.79 Å². The molecular formula is C8H13NO. The summed E-state index contributed by atoms with van der Waals surface area (Å²) in [6.07, 6.45) is 1.77. The first-order valence-corrected chi connectivity index (χ1v) is 3.65. The van der Waals surface area contributed by atoms with Crippen LogP contribution in [0.1, 0.15) is 33.1 Å². The van der Waals surface area contributed by atoms with E-state index in [4.69, 9.17) is 5.26 Å². The Morgan fingerprint density at radius 1 is 1.60 bits per heavy atom. The molecule has 2 nitrogen and oxygen atoms in total. The Labute approximate surface area is 61.8 Å². The Bertz CT molecular complexity index is 146. The quantitative estimate of drug-likeness (QED) is 0.597. The molecule has 0 aliphatic rings. The van der Waals surface area contributed by atoms with E-state index in [1.807, 2.05) is 13.8 Å². The predicted molar refractivity (Wildman–Crippen MR) is 39.3 cm³/mol. The fourth-order valence-electron chi connectivity index (χ4n) is 0.700. The van der Waals surface area contributed by atoms with E-state index in [1.165, 1.54) is 0 Å². The van der Waals surface area contributed by atoms with Gasteiger partial charge in [0.2, 0.25) is 0 Å². The molecule has 0 amide bonds. The monoisotopic (exact) mass is 139 g/mol. The first-order chi connectivity index (χ1) is 4.74. The van der Waals surface area contributed by atoms with Crippen molar-refractivity contribution in [3.05, 3.63) is 0 Å². The van der Waals surface area contributed by atoms with Gasteiger partial charge < -0.3 is 0 Å². The van der Waals surface area contributed by atoms with Crippen LogP contribution in [0, 0.1) is 17.2 Å². The van der Waals surface area contributed by atoms with Crippen LogP contribution in [0.4, 0.5) is 0 Å². The Hall–Kier alpha value is -0.840. The van der Waals surface area contributed by atoms with Gasteiger partial charge >= 0.3 is 0 Å². The molecule has 0 aromatic rings. The zero-order chi connectivity index (χ0) is 7.98. The summed E-state index contributed by atoms with van der Waals surface area (Å²) in [5.74, 6) is 0.126. The Morgan fingerprint density at radius 3 is 2.50 bits per heavy atom. The SMILES string of the molecule is CCC(=O)C[C@H](C#N)CC. The molecule has 0 fully saturated rings. The van der Waals surface area contributed by atoms with E-state index in [1.54, 1.807) is 0 Å². The number of carbonyl (C=O) groups excluding carboxylic acids is 1. The third-order valence-electron chi connectivity index (χ3n) is 1.54. The molecule has 56 valence electrons. The number of ketones is 1. The van der Waals surface area contributed by atoms with Crippen molar-refractivity contribution in [1.29, 1.82) is 5.26 Å². The molecule has 10 heavy (non-hydrogen) atoms. The number of rotatable bonds is 4. The molecule has 0 N–H and O–H groups in total. The van der Waals surface area contributed by atoms with Gasteiger partial charge in [0.05, 0.1) is 12.0 Å². The van der Waals surface area contributed by atoms with Crippen LogP contribution in [0.15, 0.2) is 0 Å². The lowest BCUT2D eigenvalue weighted by Crippen LogP contribution is -2.04. The third kappa shape index (κ3) is 3.24. The maximum absolute atomic E-state index is 10.8. The molecule has 0 aliphatic carbocycles. The summed E-state index contributed by atoms with van der Waals surface area (Å²) in [6.45, 7) is 3.75. The average Bonchev–Trinajstić information content (AvgIpc) is 1.99. The van der Waals surface area contributed by atoms with Gasteiger partial charge in [0.25, 0.3) is 0 Å². The second-order valence-electron chi connectivity index (χ2n) is 2.33. The number of carbonyl (C=O) groups is 1. The number of Topliss-reactive ketones (excluding diaryl/α,β-unsaturated/α-hetero) is 1. The standard InChI is InChI=1S/C8H13NO/c1-3-7(6-9)5-8(10)4-2/h7H,3-5H2,1-2H3/t7-/m1/s1. The van der Waals surface area contributed by atoms with E-state index < -0.39 is 0 Å². The van der Waals surface area contributed by atoms with Gasteiger partial charge in [-0.1, -0.05) is 13.8 Å². The molecule has 0 heterocycles. The minimum absolute atomic E-state index is 0.0625. The summed E-state index contributed by atoms with van der Waals surface area (Å²) in [5.41, 5.74) is 0. The van der Waals surface area contributed by atoms with Crippen LogP contribution >= 0.6 is 0 Å². The second-order valence-corrected chi connectivity index (χ2v) is 2.33. The van der Waals surface area contributed by atoms with Crippen molar-refractivity contribution in [3.8, 4) is 6.07 Å². The van der Waals surface area contributed by atoms with Crippen LogP contribution in [-0.4, -0.2) is 5.78 Å². The molecule has 0 saturated carbocycles. The predicted octanol–water partition coefficient (Wildman–Crippen LogP) is 1.91. The molecule has 0 aromatic carbocycles. The maximum atomic E-state index is 10.8. The number of hydrogen-bond acceptors (Lipinski definition) is 2. The number of nitriles is 1. The van der Waals surface area contributed by atoms with Crippen molar-refractivity contribution in [2.45, 2.75) is 33.1 Å². The van der Waals surface area contributed by atoms with Crippen LogP contribution in [0.2, 0.25) is 0 Å². The van der Waals surface area contributed by atoms with Crippen molar-refractivity contribution < 1.29 is 4.79 Å². The Kier molecular flexibility index (Phi) is 4.57. The summed E-state index contributed by atoms with van der Waals surface area (Å²) < 4.78 is 0. The van der Waals surface area contributed by atoms with E-state index in [2.05, 4.69) is 6.07 Å². The van der Waals surface area contributed by atoms with Crippen LogP contribution in [0.25, 0.3) is 0 Å². The summed E-state index contributed by atoms with van der Waals surface area (Å²) >= 11 is 0. The second kappa shape index (κ2) is 4.99. The van der Waals surface area contributed by atoms with E-state index in [0.29, 0.717) is 12.8 Å². The lowest BCUT2D eigenvalue weighted by molar-refractivity contribution is -0.119. The fourth-order valence-corrected chi connectivity index (χ4v) is 0.700. The van der Waals surface area contributed by atoms with Crippen molar-refractivity contribution in [2.75, 3.05) is 0 Å². The van der Waals surface area contributed by atoms with Crippen molar-refractivity contribution >= 4 is 5.78 Å². The maximum Gasteiger partial charge on any atom is 0.133 e. The smallest absolute Gasteiger partial charge is 0.133 e. The van der Waals surface area contributed by atoms with Crippen molar-refractivity contribution in [3.63, 3.8) is 0 Å².